The van der Waals surface area contributed by atoms with E-state index in [0.717, 1.165) is 24.8 Å². The van der Waals surface area contributed by atoms with Gasteiger partial charge < -0.3 is 9.84 Å². The second kappa shape index (κ2) is 5.22. The number of aliphatic hydroxyl groups is 1. The lowest BCUT2D eigenvalue weighted by Gasteiger charge is -2.53. The second-order valence-electron chi connectivity index (χ2n) is 8.47. The number of hydrogen-bond acceptors (Lipinski definition) is 2. The van der Waals surface area contributed by atoms with Gasteiger partial charge in [0.2, 0.25) is 0 Å². The van der Waals surface area contributed by atoms with Crippen molar-refractivity contribution in [2.75, 3.05) is 0 Å². The Balaban J connectivity index is 1.88. The summed E-state index contributed by atoms with van der Waals surface area (Å²) in [6, 6.07) is 0. The predicted octanol–water partition coefficient (Wildman–Crippen LogP) is 4.76. The van der Waals surface area contributed by atoms with E-state index in [4.69, 9.17) is 4.74 Å². The SMILES string of the molecule is CC1(C)OC23CC1CCC2(C)CC(O)C=C3CCCC(F)(F)F. The third kappa shape index (κ3) is 2.84. The predicted molar refractivity (Wildman–Crippen MR) is 82.0 cm³/mol. The van der Waals surface area contributed by atoms with E-state index in [2.05, 4.69) is 20.8 Å². The lowest BCUT2D eigenvalue weighted by atomic mass is 9.54. The smallest absolute Gasteiger partial charge is 0.389 e. The largest absolute Gasteiger partial charge is 0.389 e. The second-order valence-corrected chi connectivity index (χ2v) is 8.47. The van der Waals surface area contributed by atoms with Gasteiger partial charge in [-0.2, -0.15) is 13.2 Å². The molecule has 2 bridgehead atoms. The number of fused-ring (bicyclic) bond motifs is 1. The highest BCUT2D eigenvalue weighted by molar-refractivity contribution is 5.33. The molecule has 5 heteroatoms. The van der Waals surface area contributed by atoms with Crippen molar-refractivity contribution in [1.29, 1.82) is 0 Å². The minimum absolute atomic E-state index is 0.0638. The van der Waals surface area contributed by atoms with E-state index < -0.39 is 24.3 Å². The molecule has 1 saturated heterocycles. The molecule has 2 aliphatic carbocycles. The maximum atomic E-state index is 12.5. The van der Waals surface area contributed by atoms with E-state index in [1.807, 2.05) is 0 Å². The molecule has 3 rings (SSSR count). The molecule has 1 saturated carbocycles. The van der Waals surface area contributed by atoms with Crippen molar-refractivity contribution in [3.05, 3.63) is 11.6 Å². The molecule has 23 heavy (non-hydrogen) atoms. The molecule has 4 unspecified atom stereocenters. The highest BCUT2D eigenvalue weighted by Gasteiger charge is 2.65. The Bertz CT molecular complexity index is 511. The Morgan fingerprint density at radius 1 is 1.26 bits per heavy atom. The van der Waals surface area contributed by atoms with Crippen molar-refractivity contribution in [1.82, 2.24) is 0 Å². The van der Waals surface area contributed by atoms with Gasteiger partial charge in [0.25, 0.3) is 0 Å². The highest BCUT2D eigenvalue weighted by Crippen LogP contribution is 2.65. The number of hydrogen-bond donors (Lipinski definition) is 1. The van der Waals surface area contributed by atoms with Crippen molar-refractivity contribution in [3.8, 4) is 0 Å². The summed E-state index contributed by atoms with van der Waals surface area (Å²) in [6.07, 6.45) is 0.267. The van der Waals surface area contributed by atoms with Gasteiger partial charge in [-0.15, -0.1) is 0 Å². The first-order valence-corrected chi connectivity index (χ1v) is 8.64. The zero-order valence-corrected chi connectivity index (χ0v) is 14.2. The average Bonchev–Trinajstić information content (AvgIpc) is 2.61. The number of alkyl halides is 3. The van der Waals surface area contributed by atoms with Crippen molar-refractivity contribution >= 4 is 0 Å². The lowest BCUT2D eigenvalue weighted by molar-refractivity contribution is -0.145. The molecule has 2 fully saturated rings. The van der Waals surface area contributed by atoms with Gasteiger partial charge in [0.1, 0.15) is 0 Å². The summed E-state index contributed by atoms with van der Waals surface area (Å²) in [4.78, 5) is 0. The zero-order valence-electron chi connectivity index (χ0n) is 14.2. The van der Waals surface area contributed by atoms with Gasteiger partial charge >= 0.3 is 6.18 Å². The summed E-state index contributed by atoms with van der Waals surface area (Å²) in [7, 11) is 0. The first-order chi connectivity index (χ1) is 10.5. The van der Waals surface area contributed by atoms with Crippen molar-refractivity contribution < 1.29 is 23.0 Å². The Morgan fingerprint density at radius 2 is 1.96 bits per heavy atom. The van der Waals surface area contributed by atoms with Gasteiger partial charge in [-0.25, -0.2) is 0 Å². The Labute approximate surface area is 136 Å². The molecule has 1 N–H and O–H groups in total. The minimum Gasteiger partial charge on any atom is -0.389 e. The standard InChI is InChI=1S/C18H27F3O2/c1-15(2)13-6-8-16(3)11-14(22)9-12(17(16,10-13)23-15)5-4-7-18(19,20)21/h9,13-14,22H,4-8,10-11H2,1-3H3. The van der Waals surface area contributed by atoms with Crippen LogP contribution in [0.2, 0.25) is 0 Å². The number of halogens is 3. The first kappa shape index (κ1) is 17.3. The molecule has 4 atom stereocenters. The van der Waals surface area contributed by atoms with Crippen LogP contribution in [0.3, 0.4) is 0 Å². The molecule has 2 nitrogen and oxygen atoms in total. The topological polar surface area (TPSA) is 29.5 Å². The van der Waals surface area contributed by atoms with Gasteiger partial charge in [-0.3, -0.25) is 0 Å². The monoisotopic (exact) mass is 332 g/mol. The number of ether oxygens (including phenoxy) is 1. The fourth-order valence-corrected chi connectivity index (χ4v) is 5.18. The van der Waals surface area contributed by atoms with Crippen LogP contribution in [0.25, 0.3) is 0 Å². The molecule has 0 radical (unpaired) electrons. The molecule has 0 aromatic carbocycles. The summed E-state index contributed by atoms with van der Waals surface area (Å²) in [5, 5.41) is 10.2. The summed E-state index contributed by atoms with van der Waals surface area (Å²) in [6.45, 7) is 6.33. The molecule has 1 spiro atoms. The molecule has 0 aromatic rings. The van der Waals surface area contributed by atoms with Crippen LogP contribution < -0.4 is 0 Å². The van der Waals surface area contributed by atoms with Gasteiger partial charge in [0.05, 0.1) is 17.3 Å². The maximum absolute atomic E-state index is 12.5. The van der Waals surface area contributed by atoms with E-state index in [0.29, 0.717) is 18.8 Å². The summed E-state index contributed by atoms with van der Waals surface area (Å²) >= 11 is 0. The number of rotatable bonds is 3. The van der Waals surface area contributed by atoms with Crippen molar-refractivity contribution in [2.24, 2.45) is 11.3 Å². The maximum Gasteiger partial charge on any atom is 0.389 e. The van der Waals surface area contributed by atoms with E-state index in [-0.39, 0.29) is 17.4 Å². The van der Waals surface area contributed by atoms with Crippen molar-refractivity contribution in [3.63, 3.8) is 0 Å². The van der Waals surface area contributed by atoms with Crippen LogP contribution in [0.1, 0.15) is 65.7 Å². The van der Waals surface area contributed by atoms with Crippen LogP contribution in [0.4, 0.5) is 13.2 Å². The first-order valence-electron chi connectivity index (χ1n) is 8.64. The molecule has 0 aromatic heterocycles. The molecule has 1 aliphatic heterocycles. The van der Waals surface area contributed by atoms with Crippen LogP contribution in [-0.4, -0.2) is 28.6 Å². The van der Waals surface area contributed by atoms with Crippen LogP contribution in [0, 0.1) is 11.3 Å². The van der Waals surface area contributed by atoms with E-state index in [9.17, 15) is 18.3 Å². The minimum atomic E-state index is -4.13. The average molecular weight is 332 g/mol. The van der Waals surface area contributed by atoms with Crippen molar-refractivity contribution in [2.45, 2.75) is 89.2 Å². The number of aliphatic hydroxyl groups excluding tert-OH is 1. The normalized spacial score (nSPS) is 42.3. The summed E-state index contributed by atoms with van der Waals surface area (Å²) in [5.41, 5.74) is -0.00912. The van der Waals surface area contributed by atoms with E-state index >= 15 is 0 Å². The third-order valence-electron chi connectivity index (χ3n) is 6.45. The summed E-state index contributed by atoms with van der Waals surface area (Å²) < 4.78 is 44.1. The molecule has 1 heterocycles. The van der Waals surface area contributed by atoms with Gasteiger partial charge in [0.15, 0.2) is 0 Å². The van der Waals surface area contributed by atoms with Gasteiger partial charge in [-0.1, -0.05) is 13.0 Å². The molecule has 3 aliphatic rings. The Morgan fingerprint density at radius 3 is 2.61 bits per heavy atom. The van der Waals surface area contributed by atoms with Gasteiger partial charge in [-0.05, 0) is 63.9 Å². The highest BCUT2D eigenvalue weighted by atomic mass is 19.4. The molecular formula is C18H27F3O2. The third-order valence-corrected chi connectivity index (χ3v) is 6.45. The van der Waals surface area contributed by atoms with Crippen LogP contribution in [-0.2, 0) is 4.74 Å². The Hall–Kier alpha value is -0.550. The zero-order chi connectivity index (χ0) is 17.1. The van der Waals surface area contributed by atoms with E-state index in [1.165, 1.54) is 0 Å². The lowest BCUT2D eigenvalue weighted by Crippen LogP contribution is -2.54. The fourth-order valence-electron chi connectivity index (χ4n) is 5.18. The molecule has 0 amide bonds. The van der Waals surface area contributed by atoms with E-state index in [1.54, 1.807) is 6.08 Å². The fraction of sp³-hybridized carbons (Fsp3) is 0.889. The van der Waals surface area contributed by atoms with Crippen LogP contribution in [0.5, 0.6) is 0 Å². The van der Waals surface area contributed by atoms with Gasteiger partial charge in [0, 0.05) is 11.8 Å². The van der Waals surface area contributed by atoms with Crippen LogP contribution >= 0.6 is 0 Å². The molecule has 132 valence electrons. The van der Waals surface area contributed by atoms with Crippen LogP contribution in [0.15, 0.2) is 11.6 Å². The Kier molecular flexibility index (Phi) is 3.92. The summed E-state index contributed by atoms with van der Waals surface area (Å²) in [5.74, 6) is 0.442. The quantitative estimate of drug-likeness (QED) is 0.755. The molecular weight excluding hydrogens is 305 g/mol.